The third kappa shape index (κ3) is 3.97. The summed E-state index contributed by atoms with van der Waals surface area (Å²) >= 11 is 0. The summed E-state index contributed by atoms with van der Waals surface area (Å²) in [6.45, 7) is 7.49. The van der Waals surface area contributed by atoms with Crippen LogP contribution in [0.3, 0.4) is 0 Å². The molecule has 19 heavy (non-hydrogen) atoms. The second-order valence-corrected chi connectivity index (χ2v) is 4.96. The maximum absolute atomic E-state index is 11.8. The lowest BCUT2D eigenvalue weighted by atomic mass is 10.1. The number of anilines is 1. The smallest absolute Gasteiger partial charge is 0.274 e. The maximum Gasteiger partial charge on any atom is 0.274 e. The molecule has 0 radical (unpaired) electrons. The molecule has 1 rings (SSSR count). The fourth-order valence-corrected chi connectivity index (χ4v) is 1.59. The lowest BCUT2D eigenvalue weighted by Gasteiger charge is -2.08. The molecule has 2 amide bonds. The standard InChI is InChI=1S/C12H21N5O2/c1-6(2)10-9(13)11(17-16-10)12(19)14-5-8(18)15-7(3)4/h6-7H,5,13H2,1-4H3,(H,14,19)(H,15,18)(H,16,17). The second kappa shape index (κ2) is 6.21. The van der Waals surface area contributed by atoms with Gasteiger partial charge in [0.15, 0.2) is 5.69 Å². The van der Waals surface area contributed by atoms with Gasteiger partial charge in [-0.05, 0) is 19.8 Å². The normalized spacial score (nSPS) is 10.8. The van der Waals surface area contributed by atoms with Crippen molar-refractivity contribution in [3.8, 4) is 0 Å². The third-order valence-electron chi connectivity index (χ3n) is 2.49. The van der Waals surface area contributed by atoms with Gasteiger partial charge in [-0.3, -0.25) is 14.7 Å². The van der Waals surface area contributed by atoms with Gasteiger partial charge in [-0.25, -0.2) is 0 Å². The lowest BCUT2D eigenvalue weighted by Crippen LogP contribution is -2.40. The number of H-pyrrole nitrogens is 1. The number of carbonyl (C=O) groups is 2. The third-order valence-corrected chi connectivity index (χ3v) is 2.49. The number of nitrogens with zero attached hydrogens (tertiary/aromatic N) is 1. The fraction of sp³-hybridized carbons (Fsp3) is 0.583. The molecule has 5 N–H and O–H groups in total. The summed E-state index contributed by atoms with van der Waals surface area (Å²) in [5, 5.41) is 11.8. The maximum atomic E-state index is 11.8. The molecular formula is C12H21N5O2. The summed E-state index contributed by atoms with van der Waals surface area (Å²) in [4.78, 5) is 23.2. The monoisotopic (exact) mass is 267 g/mol. The number of hydrogen-bond donors (Lipinski definition) is 4. The van der Waals surface area contributed by atoms with Crippen LogP contribution in [0.1, 0.15) is 49.8 Å². The molecule has 0 aromatic carbocycles. The summed E-state index contributed by atoms with van der Waals surface area (Å²) in [6.07, 6.45) is 0. The molecule has 0 saturated carbocycles. The van der Waals surface area contributed by atoms with Gasteiger partial charge in [-0.2, -0.15) is 5.10 Å². The summed E-state index contributed by atoms with van der Waals surface area (Å²) in [7, 11) is 0. The van der Waals surface area contributed by atoms with Crippen LogP contribution in [0, 0.1) is 0 Å². The van der Waals surface area contributed by atoms with E-state index in [-0.39, 0.29) is 30.1 Å². The van der Waals surface area contributed by atoms with Crippen LogP contribution < -0.4 is 16.4 Å². The van der Waals surface area contributed by atoms with Crippen molar-refractivity contribution in [1.82, 2.24) is 20.8 Å². The van der Waals surface area contributed by atoms with Crippen molar-refractivity contribution in [1.29, 1.82) is 0 Å². The van der Waals surface area contributed by atoms with Crippen molar-refractivity contribution in [3.05, 3.63) is 11.4 Å². The lowest BCUT2D eigenvalue weighted by molar-refractivity contribution is -0.120. The summed E-state index contributed by atoms with van der Waals surface area (Å²) in [6, 6.07) is 0.0346. The van der Waals surface area contributed by atoms with Gasteiger partial charge in [0.25, 0.3) is 5.91 Å². The van der Waals surface area contributed by atoms with Gasteiger partial charge in [-0.1, -0.05) is 13.8 Å². The Hall–Kier alpha value is -2.05. The zero-order chi connectivity index (χ0) is 14.6. The van der Waals surface area contributed by atoms with Crippen LogP contribution in [0.5, 0.6) is 0 Å². The first-order chi connectivity index (χ1) is 8.82. The first kappa shape index (κ1) is 15.0. The highest BCUT2D eigenvalue weighted by Gasteiger charge is 2.19. The van der Waals surface area contributed by atoms with E-state index in [0.29, 0.717) is 5.69 Å². The van der Waals surface area contributed by atoms with Gasteiger partial charge in [0, 0.05) is 6.04 Å². The number of rotatable bonds is 5. The van der Waals surface area contributed by atoms with Crippen molar-refractivity contribution < 1.29 is 9.59 Å². The minimum atomic E-state index is -0.459. The zero-order valence-corrected chi connectivity index (χ0v) is 11.7. The Labute approximate surface area is 112 Å². The van der Waals surface area contributed by atoms with E-state index in [1.54, 1.807) is 0 Å². The molecule has 106 valence electrons. The Morgan fingerprint density at radius 1 is 1.32 bits per heavy atom. The van der Waals surface area contributed by atoms with E-state index < -0.39 is 5.91 Å². The predicted octanol–water partition coefficient (Wildman–Crippen LogP) is 0.370. The number of hydrogen-bond acceptors (Lipinski definition) is 4. The minimum absolute atomic E-state index is 0.0346. The molecular weight excluding hydrogens is 246 g/mol. The Morgan fingerprint density at radius 3 is 2.42 bits per heavy atom. The van der Waals surface area contributed by atoms with Crippen molar-refractivity contribution in [2.45, 2.75) is 39.7 Å². The van der Waals surface area contributed by atoms with Crippen LogP contribution >= 0.6 is 0 Å². The average molecular weight is 267 g/mol. The van der Waals surface area contributed by atoms with Crippen LogP contribution in [0.4, 0.5) is 5.69 Å². The molecule has 0 unspecified atom stereocenters. The molecule has 1 aromatic heterocycles. The van der Waals surface area contributed by atoms with E-state index in [0.717, 1.165) is 5.69 Å². The molecule has 7 nitrogen and oxygen atoms in total. The summed E-state index contributed by atoms with van der Waals surface area (Å²) in [5.74, 6) is -0.556. The number of aromatic amines is 1. The van der Waals surface area contributed by atoms with Gasteiger partial charge >= 0.3 is 0 Å². The molecule has 0 spiro atoms. The molecule has 0 aliphatic carbocycles. The van der Waals surface area contributed by atoms with Crippen LogP contribution in [0.25, 0.3) is 0 Å². The van der Waals surface area contributed by atoms with E-state index in [9.17, 15) is 9.59 Å². The number of nitrogen functional groups attached to an aromatic ring is 1. The molecule has 0 aliphatic heterocycles. The van der Waals surface area contributed by atoms with Crippen LogP contribution in [0.2, 0.25) is 0 Å². The van der Waals surface area contributed by atoms with Crippen molar-refractivity contribution in [2.24, 2.45) is 0 Å². The van der Waals surface area contributed by atoms with Gasteiger partial charge in [-0.15, -0.1) is 0 Å². The fourth-order valence-electron chi connectivity index (χ4n) is 1.59. The highest BCUT2D eigenvalue weighted by Crippen LogP contribution is 2.21. The number of nitrogens with one attached hydrogen (secondary N) is 3. The first-order valence-corrected chi connectivity index (χ1v) is 6.24. The van der Waals surface area contributed by atoms with Crippen molar-refractivity contribution in [2.75, 3.05) is 12.3 Å². The second-order valence-electron chi connectivity index (χ2n) is 4.96. The molecule has 0 aliphatic rings. The highest BCUT2D eigenvalue weighted by molar-refractivity contribution is 5.99. The minimum Gasteiger partial charge on any atom is -0.395 e. The topological polar surface area (TPSA) is 113 Å². The molecule has 7 heteroatoms. The molecule has 1 aromatic rings. The van der Waals surface area contributed by atoms with Gasteiger partial charge in [0.1, 0.15) is 0 Å². The van der Waals surface area contributed by atoms with Gasteiger partial charge in [0.05, 0.1) is 17.9 Å². The summed E-state index contributed by atoms with van der Waals surface area (Å²) < 4.78 is 0. The van der Waals surface area contributed by atoms with Crippen LogP contribution in [0.15, 0.2) is 0 Å². The van der Waals surface area contributed by atoms with Crippen molar-refractivity contribution >= 4 is 17.5 Å². The number of nitrogens with two attached hydrogens (primary N) is 1. The van der Waals surface area contributed by atoms with Crippen LogP contribution in [-0.4, -0.2) is 34.6 Å². The van der Waals surface area contributed by atoms with Crippen molar-refractivity contribution in [3.63, 3.8) is 0 Å². The Kier molecular flexibility index (Phi) is 4.91. The molecule has 0 atom stereocenters. The van der Waals surface area contributed by atoms with E-state index in [1.807, 2.05) is 27.7 Å². The average Bonchev–Trinajstić information content (AvgIpc) is 2.67. The Bertz CT molecular complexity index is 465. The molecule has 0 saturated heterocycles. The van der Waals surface area contributed by atoms with E-state index in [2.05, 4.69) is 20.8 Å². The molecule has 0 fully saturated rings. The van der Waals surface area contributed by atoms with Crippen LogP contribution in [-0.2, 0) is 4.79 Å². The van der Waals surface area contributed by atoms with Gasteiger partial charge < -0.3 is 16.4 Å². The SMILES string of the molecule is CC(C)NC(=O)CNC(=O)c1n[nH]c(C(C)C)c1N. The van der Waals surface area contributed by atoms with E-state index in [1.165, 1.54) is 0 Å². The predicted molar refractivity (Wildman–Crippen MR) is 72.7 cm³/mol. The molecule has 1 heterocycles. The Morgan fingerprint density at radius 2 is 1.95 bits per heavy atom. The zero-order valence-electron chi connectivity index (χ0n) is 11.7. The van der Waals surface area contributed by atoms with E-state index >= 15 is 0 Å². The molecule has 0 bridgehead atoms. The van der Waals surface area contributed by atoms with Gasteiger partial charge in [0.2, 0.25) is 5.91 Å². The number of aromatic nitrogens is 2. The number of carbonyl (C=O) groups excluding carboxylic acids is 2. The first-order valence-electron chi connectivity index (χ1n) is 6.24. The largest absolute Gasteiger partial charge is 0.395 e. The summed E-state index contributed by atoms with van der Waals surface area (Å²) in [5.41, 5.74) is 7.01. The van der Waals surface area contributed by atoms with E-state index in [4.69, 9.17) is 5.73 Å². The Balaban J connectivity index is 2.62. The highest BCUT2D eigenvalue weighted by atomic mass is 16.2. The number of amides is 2. The quantitative estimate of drug-likeness (QED) is 0.617.